The molecule has 1 aromatic rings. The molecule has 12 nitrogen and oxygen atoms in total. The lowest BCUT2D eigenvalue weighted by Crippen LogP contribution is -2.15. The fourth-order valence-corrected chi connectivity index (χ4v) is 5.58. The first kappa shape index (κ1) is 53.8. The smallest absolute Gasteiger partial charge is 0.0718 e. The van der Waals surface area contributed by atoms with Crippen LogP contribution in [-0.2, 0) is 63.4 Å². The topological polar surface area (TPSA) is 111 Å². The van der Waals surface area contributed by atoms with Crippen molar-refractivity contribution in [1.82, 2.24) is 0 Å². The zero-order valence-electron chi connectivity index (χ0n) is 36.2. The summed E-state index contributed by atoms with van der Waals surface area (Å²) in [5.41, 5.74) is 1.16. The highest BCUT2D eigenvalue weighted by Gasteiger charge is 1.98. The second-order valence-corrected chi connectivity index (χ2v) is 13.9. The molecular formula is C45H84O12. The van der Waals surface area contributed by atoms with Crippen molar-refractivity contribution < 1.29 is 56.8 Å². The van der Waals surface area contributed by atoms with Crippen LogP contribution < -0.4 is 0 Å². The molecule has 0 spiro atoms. The molecule has 0 aliphatic rings. The quantitative estimate of drug-likeness (QED) is 0.0597. The second-order valence-electron chi connectivity index (χ2n) is 13.9. The molecule has 0 amide bonds. The fraction of sp³-hybridized carbons (Fsp3) is 0.867. The third kappa shape index (κ3) is 45.7. The molecule has 12 heteroatoms. The number of hydrogen-bond donors (Lipinski definition) is 0. The van der Waals surface area contributed by atoms with Crippen molar-refractivity contribution in [3.8, 4) is 0 Å². The van der Waals surface area contributed by atoms with Gasteiger partial charge in [0.25, 0.3) is 0 Å². The van der Waals surface area contributed by atoms with Crippen molar-refractivity contribution in [3.63, 3.8) is 0 Å². The maximum Gasteiger partial charge on any atom is 0.0718 e. The van der Waals surface area contributed by atoms with E-state index in [1.807, 2.05) is 30.3 Å². The van der Waals surface area contributed by atoms with Gasteiger partial charge in [0, 0.05) is 6.61 Å². The molecule has 0 aromatic heterocycles. The molecule has 0 unspecified atom stereocenters. The third-order valence-electron chi connectivity index (χ3n) is 8.85. The maximum absolute atomic E-state index is 5.69. The monoisotopic (exact) mass is 817 g/mol. The van der Waals surface area contributed by atoms with Gasteiger partial charge in [0.15, 0.2) is 0 Å². The van der Waals surface area contributed by atoms with Crippen molar-refractivity contribution in [2.45, 2.75) is 103 Å². The molecule has 0 N–H and O–H groups in total. The van der Waals surface area contributed by atoms with Crippen molar-refractivity contribution in [3.05, 3.63) is 35.9 Å². The molecular weight excluding hydrogens is 732 g/mol. The molecule has 0 radical (unpaired) electrons. The van der Waals surface area contributed by atoms with Crippen LogP contribution in [0.5, 0.6) is 0 Å². The minimum Gasteiger partial charge on any atom is -0.379 e. The van der Waals surface area contributed by atoms with Crippen molar-refractivity contribution in [1.29, 1.82) is 0 Å². The van der Waals surface area contributed by atoms with E-state index >= 15 is 0 Å². The number of hydrogen-bond acceptors (Lipinski definition) is 12. The Hall–Kier alpha value is -1.26. The first-order chi connectivity index (χ1) is 28.4. The van der Waals surface area contributed by atoms with Gasteiger partial charge in [-0.05, 0) is 12.0 Å². The van der Waals surface area contributed by atoms with E-state index in [2.05, 4.69) is 6.92 Å². The zero-order chi connectivity index (χ0) is 40.5. The number of benzene rings is 1. The van der Waals surface area contributed by atoms with Crippen LogP contribution in [0, 0.1) is 0 Å². The lowest BCUT2D eigenvalue weighted by molar-refractivity contribution is -0.0285. The van der Waals surface area contributed by atoms with E-state index in [-0.39, 0.29) is 0 Å². The molecule has 1 rings (SSSR count). The van der Waals surface area contributed by atoms with Gasteiger partial charge in [0.1, 0.15) is 0 Å². The molecule has 0 atom stereocenters. The molecule has 0 bridgehead atoms. The van der Waals surface area contributed by atoms with E-state index in [4.69, 9.17) is 56.8 Å². The van der Waals surface area contributed by atoms with Crippen molar-refractivity contribution in [2.24, 2.45) is 0 Å². The Morgan fingerprint density at radius 2 is 0.474 bits per heavy atom. The highest BCUT2D eigenvalue weighted by molar-refractivity contribution is 5.13. The number of ether oxygens (including phenoxy) is 12. The Balaban J connectivity index is 1.59. The van der Waals surface area contributed by atoms with Gasteiger partial charge in [-0.15, -0.1) is 0 Å². The van der Waals surface area contributed by atoms with E-state index in [9.17, 15) is 0 Å². The average Bonchev–Trinajstić information content (AvgIpc) is 3.23. The summed E-state index contributed by atoms with van der Waals surface area (Å²) in [5, 5.41) is 0. The van der Waals surface area contributed by atoms with Gasteiger partial charge in [-0.3, -0.25) is 0 Å². The predicted molar refractivity (Wildman–Crippen MR) is 225 cm³/mol. The highest BCUT2D eigenvalue weighted by Crippen LogP contribution is 2.13. The second kappa shape index (κ2) is 49.1. The summed E-state index contributed by atoms with van der Waals surface area (Å²) < 4.78 is 66.5. The van der Waals surface area contributed by atoms with Gasteiger partial charge in [-0.25, -0.2) is 0 Å². The van der Waals surface area contributed by atoms with Gasteiger partial charge < -0.3 is 56.8 Å². The van der Waals surface area contributed by atoms with E-state index in [1.54, 1.807) is 0 Å². The summed E-state index contributed by atoms with van der Waals surface area (Å²) >= 11 is 0. The van der Waals surface area contributed by atoms with Crippen LogP contribution in [-0.4, -0.2) is 152 Å². The van der Waals surface area contributed by atoms with Crippen LogP contribution in [0.1, 0.15) is 102 Å². The van der Waals surface area contributed by atoms with Gasteiger partial charge in [0.2, 0.25) is 0 Å². The first-order valence-corrected chi connectivity index (χ1v) is 22.4. The molecule has 1 aromatic carbocycles. The Morgan fingerprint density at radius 1 is 0.246 bits per heavy atom. The van der Waals surface area contributed by atoms with Crippen LogP contribution in [0.4, 0.5) is 0 Å². The molecule has 0 saturated carbocycles. The largest absolute Gasteiger partial charge is 0.379 e. The molecule has 336 valence electrons. The zero-order valence-corrected chi connectivity index (χ0v) is 36.2. The summed E-state index contributed by atoms with van der Waals surface area (Å²) in [6.45, 7) is 15.6. The highest BCUT2D eigenvalue weighted by atomic mass is 16.6. The van der Waals surface area contributed by atoms with Crippen molar-refractivity contribution in [2.75, 3.05) is 152 Å². The van der Waals surface area contributed by atoms with Gasteiger partial charge in [0.05, 0.1) is 152 Å². The molecule has 0 fully saturated rings. The molecule has 57 heavy (non-hydrogen) atoms. The summed E-state index contributed by atoms with van der Waals surface area (Å²) in [5.74, 6) is 0. The SMILES string of the molecule is CCCCCCCCCCCCCCCCOCCOCCOCCOCCOCCOCCOCCOCCOCCOCCOCCOCc1ccccc1. The average molecular weight is 817 g/mol. The molecule has 0 saturated heterocycles. The van der Waals surface area contributed by atoms with Crippen LogP contribution in [0.3, 0.4) is 0 Å². The first-order valence-electron chi connectivity index (χ1n) is 22.4. The summed E-state index contributed by atoms with van der Waals surface area (Å²) in [7, 11) is 0. The molecule has 0 heterocycles. The Labute approximate surface area is 347 Å². The predicted octanol–water partition coefficient (Wildman–Crippen LogP) is 7.87. The van der Waals surface area contributed by atoms with Crippen LogP contribution in [0.25, 0.3) is 0 Å². The van der Waals surface area contributed by atoms with Gasteiger partial charge >= 0.3 is 0 Å². The number of rotatable bonds is 50. The number of unbranched alkanes of at least 4 members (excludes halogenated alkanes) is 13. The maximum atomic E-state index is 5.69. The summed E-state index contributed by atoms with van der Waals surface area (Å²) in [6.07, 6.45) is 19.2. The van der Waals surface area contributed by atoms with E-state index in [1.165, 1.54) is 83.5 Å². The summed E-state index contributed by atoms with van der Waals surface area (Å²) in [4.78, 5) is 0. The van der Waals surface area contributed by atoms with E-state index in [0.29, 0.717) is 152 Å². The third-order valence-corrected chi connectivity index (χ3v) is 8.85. The Kier molecular flexibility index (Phi) is 46.3. The van der Waals surface area contributed by atoms with Crippen LogP contribution in [0.15, 0.2) is 30.3 Å². The lowest BCUT2D eigenvalue weighted by atomic mass is 10.0. The minimum absolute atomic E-state index is 0.517. The Bertz CT molecular complexity index is 853. The van der Waals surface area contributed by atoms with Crippen LogP contribution in [0.2, 0.25) is 0 Å². The normalized spacial score (nSPS) is 11.6. The summed E-state index contributed by atoms with van der Waals surface area (Å²) in [6, 6.07) is 10.1. The standard InChI is InChI=1S/C45H84O12/c1-2-3-4-5-6-7-8-9-10-11-12-13-14-18-21-46-22-23-47-24-25-48-26-27-49-28-29-50-30-31-51-32-33-52-34-35-53-36-37-54-38-39-55-40-41-56-42-43-57-44-45-19-16-15-17-20-45/h15-17,19-20H,2-14,18,21-44H2,1H3. The van der Waals surface area contributed by atoms with Gasteiger partial charge in [-0.2, -0.15) is 0 Å². The minimum atomic E-state index is 0.517. The van der Waals surface area contributed by atoms with Gasteiger partial charge in [-0.1, -0.05) is 121 Å². The van der Waals surface area contributed by atoms with E-state index < -0.39 is 0 Å². The Morgan fingerprint density at radius 3 is 0.754 bits per heavy atom. The molecule has 0 aliphatic heterocycles. The van der Waals surface area contributed by atoms with E-state index in [0.717, 1.165) is 18.6 Å². The van der Waals surface area contributed by atoms with Crippen LogP contribution >= 0.6 is 0 Å². The van der Waals surface area contributed by atoms with Crippen molar-refractivity contribution >= 4 is 0 Å². The molecule has 0 aliphatic carbocycles. The fourth-order valence-electron chi connectivity index (χ4n) is 5.58. The lowest BCUT2D eigenvalue weighted by Gasteiger charge is -2.09.